The third-order valence-electron chi connectivity index (χ3n) is 1.10. The highest BCUT2D eigenvalue weighted by Crippen LogP contribution is 1.92. The predicted molar refractivity (Wildman–Crippen MR) is 36.3 cm³/mol. The number of ether oxygens (including phenoxy) is 1. The van der Waals surface area contributed by atoms with Gasteiger partial charge in [-0.3, -0.25) is 0 Å². The summed E-state index contributed by atoms with van der Waals surface area (Å²) >= 11 is 0. The van der Waals surface area contributed by atoms with Crippen LogP contribution in [0.1, 0.15) is 12.6 Å². The van der Waals surface area contributed by atoms with E-state index in [9.17, 15) is 0 Å². The number of aryl methyl sites for hydroxylation is 1. The molecule has 4 nitrogen and oxygen atoms in total. The van der Waals surface area contributed by atoms with Crippen LogP contribution < -0.4 is 0 Å². The molecule has 1 aromatic rings. The van der Waals surface area contributed by atoms with Gasteiger partial charge in [0.25, 0.3) is 0 Å². The van der Waals surface area contributed by atoms with E-state index in [1.807, 2.05) is 6.92 Å². The summed E-state index contributed by atoms with van der Waals surface area (Å²) in [6.45, 7) is 3.23. The van der Waals surface area contributed by atoms with E-state index < -0.39 is 0 Å². The first kappa shape index (κ1) is 7.21. The van der Waals surface area contributed by atoms with Gasteiger partial charge in [-0.05, 0) is 6.92 Å². The molecule has 0 aliphatic heterocycles. The second-order valence-electron chi connectivity index (χ2n) is 1.96. The van der Waals surface area contributed by atoms with Gasteiger partial charge in [-0.1, -0.05) is 0 Å². The van der Waals surface area contributed by atoms with E-state index in [0.717, 1.165) is 12.3 Å². The molecule has 0 saturated heterocycles. The lowest BCUT2D eigenvalue weighted by Gasteiger charge is -1.93. The van der Waals surface area contributed by atoms with Gasteiger partial charge < -0.3 is 4.74 Å². The van der Waals surface area contributed by atoms with Gasteiger partial charge in [-0.15, -0.1) is 0 Å². The summed E-state index contributed by atoms with van der Waals surface area (Å²) in [5, 5.41) is 7.92. The average Bonchev–Trinajstić information content (AvgIpc) is 2.31. The first-order valence-electron chi connectivity index (χ1n) is 3.26. The molecule has 0 saturated carbocycles. The maximum Gasteiger partial charge on any atom is 0.108 e. The molecule has 10 heavy (non-hydrogen) atoms. The molecule has 1 rings (SSSR count). The molecule has 1 heterocycles. The molecule has 0 aliphatic rings. The van der Waals surface area contributed by atoms with E-state index in [1.54, 1.807) is 13.2 Å². The monoisotopic (exact) mass is 141 g/mol. The van der Waals surface area contributed by atoms with E-state index in [2.05, 4.69) is 10.2 Å². The lowest BCUT2D eigenvalue weighted by atomic mass is 10.5. The van der Waals surface area contributed by atoms with Crippen molar-refractivity contribution >= 4 is 0 Å². The van der Waals surface area contributed by atoms with Gasteiger partial charge in [0.1, 0.15) is 5.69 Å². The first-order valence-corrected chi connectivity index (χ1v) is 3.26. The highest BCUT2D eigenvalue weighted by atomic mass is 16.5. The van der Waals surface area contributed by atoms with E-state index >= 15 is 0 Å². The lowest BCUT2D eigenvalue weighted by molar-refractivity contribution is 0.131. The standard InChI is InChI=1S/C6H11N3O/c1-3-10-5-6-4-7-9(2)8-6/h4H,3,5H2,1-2H3. The Balaban J connectivity index is 2.42. The zero-order chi connectivity index (χ0) is 7.40. The maximum atomic E-state index is 5.12. The fraction of sp³-hybridized carbons (Fsp3) is 0.667. The SMILES string of the molecule is CCOCc1cnn(C)n1. The second kappa shape index (κ2) is 3.31. The third kappa shape index (κ3) is 1.80. The Morgan fingerprint density at radius 3 is 3.00 bits per heavy atom. The number of nitrogens with zero attached hydrogens (tertiary/aromatic N) is 3. The minimum Gasteiger partial charge on any atom is -0.375 e. The van der Waals surface area contributed by atoms with Crippen molar-refractivity contribution in [1.29, 1.82) is 0 Å². The number of hydrogen-bond acceptors (Lipinski definition) is 3. The Labute approximate surface area is 59.8 Å². The normalized spacial score (nSPS) is 10.2. The molecule has 0 fully saturated rings. The highest BCUT2D eigenvalue weighted by Gasteiger charge is 1.94. The fourth-order valence-corrected chi connectivity index (χ4v) is 0.660. The summed E-state index contributed by atoms with van der Waals surface area (Å²) in [6, 6.07) is 0. The Morgan fingerprint density at radius 1 is 1.70 bits per heavy atom. The van der Waals surface area contributed by atoms with Crippen molar-refractivity contribution in [3.8, 4) is 0 Å². The van der Waals surface area contributed by atoms with Crippen LogP contribution in [0.4, 0.5) is 0 Å². The fourth-order valence-electron chi connectivity index (χ4n) is 0.660. The summed E-state index contributed by atoms with van der Waals surface area (Å²) in [5.41, 5.74) is 0.879. The average molecular weight is 141 g/mol. The molecule has 0 aromatic carbocycles. The molecular formula is C6H11N3O. The summed E-state index contributed by atoms with van der Waals surface area (Å²) in [5.74, 6) is 0. The van der Waals surface area contributed by atoms with Crippen LogP contribution in [-0.2, 0) is 18.4 Å². The summed E-state index contributed by atoms with van der Waals surface area (Å²) in [4.78, 5) is 1.52. The molecule has 4 heteroatoms. The quantitative estimate of drug-likeness (QED) is 0.609. The number of hydrogen-bond donors (Lipinski definition) is 0. The van der Waals surface area contributed by atoms with Gasteiger partial charge in [0.15, 0.2) is 0 Å². The Morgan fingerprint density at radius 2 is 2.50 bits per heavy atom. The van der Waals surface area contributed by atoms with Crippen molar-refractivity contribution in [1.82, 2.24) is 15.0 Å². The molecule has 1 aromatic heterocycles. The minimum atomic E-state index is 0.560. The van der Waals surface area contributed by atoms with Crippen LogP contribution in [-0.4, -0.2) is 21.6 Å². The zero-order valence-electron chi connectivity index (χ0n) is 6.24. The van der Waals surface area contributed by atoms with Crippen LogP contribution in [0.2, 0.25) is 0 Å². The van der Waals surface area contributed by atoms with Crippen molar-refractivity contribution in [2.24, 2.45) is 7.05 Å². The van der Waals surface area contributed by atoms with Crippen LogP contribution in [0.5, 0.6) is 0 Å². The first-order chi connectivity index (χ1) is 4.83. The molecule has 0 spiro atoms. The van der Waals surface area contributed by atoms with E-state index in [0.29, 0.717) is 6.61 Å². The molecule has 56 valence electrons. The molecule has 0 amide bonds. The van der Waals surface area contributed by atoms with Gasteiger partial charge >= 0.3 is 0 Å². The Bertz CT molecular complexity index is 197. The van der Waals surface area contributed by atoms with Crippen LogP contribution in [0, 0.1) is 0 Å². The molecule has 0 atom stereocenters. The largest absolute Gasteiger partial charge is 0.375 e. The van der Waals surface area contributed by atoms with E-state index in [4.69, 9.17) is 4.74 Å². The number of rotatable bonds is 3. The zero-order valence-corrected chi connectivity index (χ0v) is 6.24. The Kier molecular flexibility index (Phi) is 2.39. The minimum absolute atomic E-state index is 0.560. The second-order valence-corrected chi connectivity index (χ2v) is 1.96. The van der Waals surface area contributed by atoms with Crippen molar-refractivity contribution in [2.45, 2.75) is 13.5 Å². The van der Waals surface area contributed by atoms with Gasteiger partial charge in [0.05, 0.1) is 12.8 Å². The molecular weight excluding hydrogens is 130 g/mol. The van der Waals surface area contributed by atoms with Crippen LogP contribution >= 0.6 is 0 Å². The molecule has 0 unspecified atom stereocenters. The van der Waals surface area contributed by atoms with Gasteiger partial charge in [-0.2, -0.15) is 15.0 Å². The van der Waals surface area contributed by atoms with Crippen LogP contribution in [0.15, 0.2) is 6.20 Å². The predicted octanol–water partition coefficient (Wildman–Crippen LogP) is 0.352. The molecule has 0 radical (unpaired) electrons. The van der Waals surface area contributed by atoms with Crippen molar-refractivity contribution in [2.75, 3.05) is 6.61 Å². The Hall–Kier alpha value is -0.900. The van der Waals surface area contributed by atoms with E-state index in [1.165, 1.54) is 4.80 Å². The van der Waals surface area contributed by atoms with Crippen molar-refractivity contribution < 1.29 is 4.74 Å². The molecule has 0 N–H and O–H groups in total. The van der Waals surface area contributed by atoms with Gasteiger partial charge in [0.2, 0.25) is 0 Å². The number of aromatic nitrogens is 3. The van der Waals surface area contributed by atoms with Gasteiger partial charge in [-0.25, -0.2) is 0 Å². The lowest BCUT2D eigenvalue weighted by Crippen LogP contribution is -1.95. The highest BCUT2D eigenvalue weighted by molar-refractivity contribution is 4.87. The van der Waals surface area contributed by atoms with Crippen molar-refractivity contribution in [3.63, 3.8) is 0 Å². The van der Waals surface area contributed by atoms with Crippen LogP contribution in [0.3, 0.4) is 0 Å². The summed E-state index contributed by atoms with van der Waals surface area (Å²) < 4.78 is 5.12. The summed E-state index contributed by atoms with van der Waals surface area (Å²) in [7, 11) is 1.79. The van der Waals surface area contributed by atoms with Crippen LogP contribution in [0.25, 0.3) is 0 Å². The van der Waals surface area contributed by atoms with Crippen molar-refractivity contribution in [3.05, 3.63) is 11.9 Å². The van der Waals surface area contributed by atoms with E-state index in [-0.39, 0.29) is 0 Å². The molecule has 0 bridgehead atoms. The maximum absolute atomic E-state index is 5.12. The smallest absolute Gasteiger partial charge is 0.108 e. The summed E-state index contributed by atoms with van der Waals surface area (Å²) in [6.07, 6.45) is 1.70. The topological polar surface area (TPSA) is 39.9 Å². The van der Waals surface area contributed by atoms with Gasteiger partial charge in [0, 0.05) is 13.7 Å². The molecule has 0 aliphatic carbocycles. The third-order valence-corrected chi connectivity index (χ3v) is 1.10.